The average molecular weight is 423 g/mol. The minimum absolute atomic E-state index is 0.0488. The number of hydrogen-bond donors (Lipinski definition) is 1. The molecule has 0 atom stereocenters. The number of hydrogen-bond acceptors (Lipinski definition) is 3. The Morgan fingerprint density at radius 2 is 1.71 bits per heavy atom. The summed E-state index contributed by atoms with van der Waals surface area (Å²) in [5, 5.41) is 7.36. The summed E-state index contributed by atoms with van der Waals surface area (Å²) in [5.41, 5.74) is 4.11. The summed E-state index contributed by atoms with van der Waals surface area (Å²) < 4.78 is 1.75. The van der Waals surface area contributed by atoms with E-state index in [-0.39, 0.29) is 11.8 Å². The van der Waals surface area contributed by atoms with E-state index < -0.39 is 0 Å². The van der Waals surface area contributed by atoms with Gasteiger partial charge in [-0.15, -0.1) is 0 Å². The van der Waals surface area contributed by atoms with E-state index in [1.807, 2.05) is 24.9 Å². The smallest absolute Gasteiger partial charge is 0.274 e. The quantitative estimate of drug-likeness (QED) is 0.710. The van der Waals surface area contributed by atoms with Crippen molar-refractivity contribution in [3.8, 4) is 0 Å². The van der Waals surface area contributed by atoms with Crippen molar-refractivity contribution in [2.24, 2.45) is 18.9 Å². The van der Waals surface area contributed by atoms with E-state index in [0.717, 1.165) is 56.9 Å². The lowest BCUT2D eigenvalue weighted by Gasteiger charge is -2.31. The van der Waals surface area contributed by atoms with Crippen molar-refractivity contribution < 1.29 is 9.59 Å². The van der Waals surface area contributed by atoms with Crippen LogP contribution in [0.5, 0.6) is 0 Å². The first-order valence-electron chi connectivity index (χ1n) is 11.6. The van der Waals surface area contributed by atoms with E-state index in [2.05, 4.69) is 34.7 Å². The molecule has 1 saturated heterocycles. The highest BCUT2D eigenvalue weighted by atomic mass is 16.2. The van der Waals surface area contributed by atoms with Crippen molar-refractivity contribution in [3.05, 3.63) is 52.8 Å². The molecule has 0 bridgehead atoms. The summed E-state index contributed by atoms with van der Waals surface area (Å²) in [6.45, 7) is 4.41. The summed E-state index contributed by atoms with van der Waals surface area (Å²) >= 11 is 0. The van der Waals surface area contributed by atoms with Gasteiger partial charge in [-0.25, -0.2) is 0 Å². The number of nitrogens with one attached hydrogen (secondary N) is 1. The first kappa shape index (κ1) is 21.6. The van der Waals surface area contributed by atoms with Crippen LogP contribution in [0.1, 0.15) is 59.4 Å². The van der Waals surface area contributed by atoms with Crippen LogP contribution in [0.2, 0.25) is 0 Å². The number of piperidine rings is 1. The number of benzene rings is 1. The fourth-order valence-electron chi connectivity index (χ4n) is 4.27. The minimum atomic E-state index is 0.0488. The van der Waals surface area contributed by atoms with E-state index in [4.69, 9.17) is 0 Å². The molecule has 1 aliphatic carbocycles. The Bertz CT molecular complexity index is 887. The molecule has 1 aromatic carbocycles. The number of aromatic nitrogens is 2. The molecule has 1 saturated carbocycles. The fourth-order valence-corrected chi connectivity index (χ4v) is 4.27. The second kappa shape index (κ2) is 9.67. The Kier molecular flexibility index (Phi) is 6.73. The third kappa shape index (κ3) is 5.96. The summed E-state index contributed by atoms with van der Waals surface area (Å²) in [5.74, 6) is 1.55. The van der Waals surface area contributed by atoms with Crippen molar-refractivity contribution in [2.75, 3.05) is 19.6 Å². The van der Waals surface area contributed by atoms with E-state index in [1.54, 1.807) is 4.68 Å². The van der Waals surface area contributed by atoms with Crippen LogP contribution in [0.3, 0.4) is 0 Å². The number of likely N-dealkylation sites (tertiary alicyclic amines) is 1. The molecule has 2 heterocycles. The third-order valence-corrected chi connectivity index (χ3v) is 6.71. The normalized spacial score (nSPS) is 17.0. The van der Waals surface area contributed by atoms with E-state index >= 15 is 0 Å². The van der Waals surface area contributed by atoms with E-state index in [0.29, 0.717) is 18.0 Å². The summed E-state index contributed by atoms with van der Waals surface area (Å²) in [7, 11) is 1.87. The van der Waals surface area contributed by atoms with Crippen LogP contribution in [0.15, 0.2) is 30.3 Å². The Morgan fingerprint density at radius 1 is 1.03 bits per heavy atom. The van der Waals surface area contributed by atoms with Gasteiger partial charge in [0.1, 0.15) is 0 Å². The van der Waals surface area contributed by atoms with Gasteiger partial charge in [0.25, 0.3) is 5.91 Å². The van der Waals surface area contributed by atoms with Gasteiger partial charge in [0.2, 0.25) is 5.91 Å². The number of amides is 2. The molecular weight excluding hydrogens is 388 g/mol. The fraction of sp³-hybridized carbons (Fsp3) is 0.560. The van der Waals surface area contributed by atoms with Gasteiger partial charge in [-0.2, -0.15) is 5.10 Å². The minimum Gasteiger partial charge on any atom is -0.356 e. The number of carbonyl (C=O) groups excluding carboxylic acids is 2. The molecule has 1 aromatic heterocycles. The van der Waals surface area contributed by atoms with Crippen LogP contribution in [-0.2, 0) is 24.7 Å². The molecule has 31 heavy (non-hydrogen) atoms. The van der Waals surface area contributed by atoms with Gasteiger partial charge >= 0.3 is 0 Å². The van der Waals surface area contributed by atoms with Crippen LogP contribution in [0.4, 0.5) is 0 Å². The highest BCUT2D eigenvalue weighted by molar-refractivity contribution is 5.92. The molecule has 166 valence electrons. The van der Waals surface area contributed by atoms with Gasteiger partial charge in [-0.1, -0.05) is 24.3 Å². The first-order valence-corrected chi connectivity index (χ1v) is 11.6. The molecule has 2 aromatic rings. The predicted molar refractivity (Wildman–Crippen MR) is 121 cm³/mol. The first-order chi connectivity index (χ1) is 15.0. The SMILES string of the molecule is Cc1cc(C(=O)N2CCC(Cc3ccc(CCC(=O)NCC4CC4)cc3)CC2)nn1C. The maximum Gasteiger partial charge on any atom is 0.274 e. The summed E-state index contributed by atoms with van der Waals surface area (Å²) in [4.78, 5) is 26.5. The molecular formula is C25H34N4O2. The van der Waals surface area contributed by atoms with Crippen LogP contribution < -0.4 is 5.32 Å². The Morgan fingerprint density at radius 3 is 2.32 bits per heavy atom. The maximum absolute atomic E-state index is 12.7. The van der Waals surface area contributed by atoms with Crippen LogP contribution >= 0.6 is 0 Å². The maximum atomic E-state index is 12.7. The second-order valence-corrected chi connectivity index (χ2v) is 9.30. The molecule has 1 aliphatic heterocycles. The van der Waals surface area contributed by atoms with Crippen molar-refractivity contribution in [1.29, 1.82) is 0 Å². The Hall–Kier alpha value is -2.63. The van der Waals surface area contributed by atoms with Crippen molar-refractivity contribution in [2.45, 2.75) is 51.9 Å². The molecule has 6 heteroatoms. The second-order valence-electron chi connectivity index (χ2n) is 9.30. The molecule has 4 rings (SSSR count). The predicted octanol–water partition coefficient (Wildman–Crippen LogP) is 3.28. The van der Waals surface area contributed by atoms with Crippen LogP contribution in [0.25, 0.3) is 0 Å². The lowest BCUT2D eigenvalue weighted by atomic mass is 9.89. The van der Waals surface area contributed by atoms with Gasteiger partial charge < -0.3 is 10.2 Å². The van der Waals surface area contributed by atoms with Gasteiger partial charge in [0, 0.05) is 38.8 Å². The number of aryl methyl sites for hydroxylation is 3. The molecule has 1 N–H and O–H groups in total. The molecule has 2 amide bonds. The lowest BCUT2D eigenvalue weighted by Crippen LogP contribution is -2.39. The number of carbonyl (C=O) groups is 2. The molecule has 0 spiro atoms. The van der Waals surface area contributed by atoms with Gasteiger partial charge in [-0.05, 0) is 74.5 Å². The largest absolute Gasteiger partial charge is 0.356 e. The van der Waals surface area contributed by atoms with E-state index in [9.17, 15) is 9.59 Å². The molecule has 2 fully saturated rings. The zero-order valence-corrected chi connectivity index (χ0v) is 18.8. The lowest BCUT2D eigenvalue weighted by molar-refractivity contribution is -0.121. The zero-order valence-electron chi connectivity index (χ0n) is 18.8. The van der Waals surface area contributed by atoms with Crippen molar-refractivity contribution in [1.82, 2.24) is 20.0 Å². The van der Waals surface area contributed by atoms with Crippen molar-refractivity contribution >= 4 is 11.8 Å². The Balaban J connectivity index is 1.19. The number of rotatable bonds is 8. The average Bonchev–Trinajstić information content (AvgIpc) is 3.55. The highest BCUT2D eigenvalue weighted by Gasteiger charge is 2.25. The summed E-state index contributed by atoms with van der Waals surface area (Å²) in [6.07, 6.45) is 6.99. The highest BCUT2D eigenvalue weighted by Crippen LogP contribution is 2.27. The zero-order chi connectivity index (χ0) is 21.8. The van der Waals surface area contributed by atoms with Gasteiger partial charge in [0.05, 0.1) is 0 Å². The molecule has 0 radical (unpaired) electrons. The van der Waals surface area contributed by atoms with E-state index in [1.165, 1.54) is 24.0 Å². The standard InChI is InChI=1S/C25H34N4O2/c1-18-15-23(27-28(18)2)25(31)29-13-11-21(12-14-29)16-20-5-3-19(4-6-20)9-10-24(30)26-17-22-7-8-22/h3-6,15,21-22H,7-14,16-17H2,1-2H3,(H,26,30). The molecule has 6 nitrogen and oxygen atoms in total. The Labute approximate surface area is 185 Å². The monoisotopic (exact) mass is 422 g/mol. The topological polar surface area (TPSA) is 67.2 Å². The molecule has 2 aliphatic rings. The van der Waals surface area contributed by atoms with Crippen LogP contribution in [-0.4, -0.2) is 46.1 Å². The molecule has 0 unspecified atom stereocenters. The van der Waals surface area contributed by atoms with Crippen molar-refractivity contribution in [3.63, 3.8) is 0 Å². The summed E-state index contributed by atoms with van der Waals surface area (Å²) in [6, 6.07) is 10.6. The van der Waals surface area contributed by atoms with Gasteiger partial charge in [-0.3, -0.25) is 14.3 Å². The number of nitrogens with zero attached hydrogens (tertiary/aromatic N) is 3. The van der Waals surface area contributed by atoms with Gasteiger partial charge in [0.15, 0.2) is 5.69 Å². The third-order valence-electron chi connectivity index (χ3n) is 6.71. The van der Waals surface area contributed by atoms with Crippen LogP contribution in [0, 0.1) is 18.8 Å².